The third kappa shape index (κ3) is 3.11. The number of carbonyl (C=O) groups is 2. The summed E-state index contributed by atoms with van der Waals surface area (Å²) in [5, 5.41) is 0. The molecule has 2 aromatic rings. The molecule has 0 spiro atoms. The van der Waals surface area contributed by atoms with Gasteiger partial charge in [0.1, 0.15) is 0 Å². The molecule has 1 atom stereocenters. The van der Waals surface area contributed by atoms with Crippen LogP contribution in [-0.4, -0.2) is 30.4 Å². The van der Waals surface area contributed by atoms with E-state index in [0.29, 0.717) is 11.1 Å². The number of carbonyl (C=O) groups excluding carboxylic acids is 2. The van der Waals surface area contributed by atoms with Crippen LogP contribution in [0.4, 0.5) is 0 Å². The van der Waals surface area contributed by atoms with Gasteiger partial charge in [-0.15, -0.1) is 0 Å². The lowest BCUT2D eigenvalue weighted by Gasteiger charge is -2.25. The van der Waals surface area contributed by atoms with Crippen LogP contribution in [0, 0.1) is 0 Å². The van der Waals surface area contributed by atoms with Crippen LogP contribution in [0.25, 0.3) is 0 Å². The summed E-state index contributed by atoms with van der Waals surface area (Å²) in [5.74, 6) is -0.470. The summed E-state index contributed by atoms with van der Waals surface area (Å²) in [5.41, 5.74) is 2.08. The number of ether oxygens (including phenoxy) is 1. The Labute approximate surface area is 135 Å². The lowest BCUT2D eigenvalue weighted by Crippen LogP contribution is -2.30. The fourth-order valence-electron chi connectivity index (χ4n) is 3.09. The standard InChI is InChI=1S/C19H19NO3/c1-23-19(22)16-10-5-9-15(13-16)18(21)20-12-6-11-17(20)14-7-3-2-4-8-14/h2-5,7-10,13,17H,6,11-12H2,1H3/t17-/m0/s1. The molecule has 3 rings (SSSR count). The zero-order chi connectivity index (χ0) is 16.2. The Bertz CT molecular complexity index is 712. The third-order valence-corrected chi connectivity index (χ3v) is 4.23. The molecule has 1 saturated heterocycles. The minimum atomic E-state index is -0.430. The van der Waals surface area contributed by atoms with Crippen molar-refractivity contribution in [3.63, 3.8) is 0 Å². The van der Waals surface area contributed by atoms with Crippen LogP contribution in [0.1, 0.15) is 45.2 Å². The van der Waals surface area contributed by atoms with Crippen molar-refractivity contribution in [2.75, 3.05) is 13.7 Å². The van der Waals surface area contributed by atoms with Crippen molar-refractivity contribution < 1.29 is 14.3 Å². The molecule has 1 aliphatic heterocycles. The summed E-state index contributed by atoms with van der Waals surface area (Å²) in [6.45, 7) is 0.737. The molecule has 1 heterocycles. The quantitative estimate of drug-likeness (QED) is 0.816. The van der Waals surface area contributed by atoms with Crippen LogP contribution in [0.2, 0.25) is 0 Å². The zero-order valence-corrected chi connectivity index (χ0v) is 13.1. The maximum absolute atomic E-state index is 12.9. The molecule has 4 nitrogen and oxygen atoms in total. The lowest BCUT2D eigenvalue weighted by atomic mass is 10.0. The second-order valence-corrected chi connectivity index (χ2v) is 5.64. The number of rotatable bonds is 3. The normalized spacial score (nSPS) is 17.1. The monoisotopic (exact) mass is 309 g/mol. The SMILES string of the molecule is COC(=O)c1cccc(C(=O)N2CCC[C@H]2c2ccccc2)c1. The van der Waals surface area contributed by atoms with Crippen molar-refractivity contribution in [2.24, 2.45) is 0 Å². The summed E-state index contributed by atoms with van der Waals surface area (Å²) < 4.78 is 4.72. The van der Waals surface area contributed by atoms with E-state index in [4.69, 9.17) is 4.74 Å². The van der Waals surface area contributed by atoms with Crippen LogP contribution in [0.3, 0.4) is 0 Å². The van der Waals surface area contributed by atoms with Gasteiger partial charge in [0, 0.05) is 12.1 Å². The van der Waals surface area contributed by atoms with Crippen molar-refractivity contribution in [2.45, 2.75) is 18.9 Å². The Morgan fingerprint density at radius 1 is 1.04 bits per heavy atom. The molecule has 0 N–H and O–H groups in total. The molecular formula is C19H19NO3. The van der Waals surface area contributed by atoms with Crippen molar-refractivity contribution in [1.82, 2.24) is 4.90 Å². The highest BCUT2D eigenvalue weighted by Crippen LogP contribution is 2.33. The highest BCUT2D eigenvalue weighted by Gasteiger charge is 2.30. The molecule has 0 saturated carbocycles. The van der Waals surface area contributed by atoms with Crippen molar-refractivity contribution >= 4 is 11.9 Å². The molecule has 0 aromatic heterocycles. The van der Waals surface area contributed by atoms with Crippen LogP contribution in [-0.2, 0) is 4.74 Å². The van der Waals surface area contributed by atoms with E-state index in [1.165, 1.54) is 7.11 Å². The highest BCUT2D eigenvalue weighted by atomic mass is 16.5. The fraction of sp³-hybridized carbons (Fsp3) is 0.263. The summed E-state index contributed by atoms with van der Waals surface area (Å²) in [7, 11) is 1.34. The predicted molar refractivity (Wildman–Crippen MR) is 87.2 cm³/mol. The average molecular weight is 309 g/mol. The van der Waals surface area contributed by atoms with E-state index in [1.807, 2.05) is 23.1 Å². The van der Waals surface area contributed by atoms with Gasteiger partial charge in [-0.25, -0.2) is 4.79 Å². The molecule has 118 valence electrons. The second kappa shape index (κ2) is 6.65. The van der Waals surface area contributed by atoms with E-state index in [1.54, 1.807) is 24.3 Å². The summed E-state index contributed by atoms with van der Waals surface area (Å²) in [6.07, 6.45) is 1.95. The first kappa shape index (κ1) is 15.3. The molecule has 0 bridgehead atoms. The second-order valence-electron chi connectivity index (χ2n) is 5.64. The number of likely N-dealkylation sites (tertiary alicyclic amines) is 1. The van der Waals surface area contributed by atoms with Crippen LogP contribution in [0.5, 0.6) is 0 Å². The van der Waals surface area contributed by atoms with Gasteiger partial charge in [0.15, 0.2) is 0 Å². The maximum Gasteiger partial charge on any atom is 0.337 e. The molecule has 2 aromatic carbocycles. The molecule has 1 fully saturated rings. The Morgan fingerprint density at radius 2 is 1.78 bits per heavy atom. The van der Waals surface area contributed by atoms with E-state index in [0.717, 1.165) is 24.9 Å². The first-order chi connectivity index (χ1) is 11.2. The summed E-state index contributed by atoms with van der Waals surface area (Å²) in [4.78, 5) is 26.4. The number of benzene rings is 2. The third-order valence-electron chi connectivity index (χ3n) is 4.23. The van der Waals surface area contributed by atoms with Gasteiger partial charge in [-0.3, -0.25) is 4.79 Å². The maximum atomic E-state index is 12.9. The van der Waals surface area contributed by atoms with E-state index in [-0.39, 0.29) is 11.9 Å². The summed E-state index contributed by atoms with van der Waals surface area (Å²) in [6, 6.07) is 16.9. The van der Waals surface area contributed by atoms with Gasteiger partial charge in [0.25, 0.3) is 5.91 Å². The van der Waals surface area contributed by atoms with Gasteiger partial charge in [-0.1, -0.05) is 36.4 Å². The zero-order valence-electron chi connectivity index (χ0n) is 13.1. The number of hydrogen-bond donors (Lipinski definition) is 0. The van der Waals surface area contributed by atoms with Crippen LogP contribution in [0.15, 0.2) is 54.6 Å². The number of nitrogens with zero attached hydrogens (tertiary/aromatic N) is 1. The Morgan fingerprint density at radius 3 is 2.52 bits per heavy atom. The fourth-order valence-corrected chi connectivity index (χ4v) is 3.09. The Kier molecular flexibility index (Phi) is 4.42. The summed E-state index contributed by atoms with van der Waals surface area (Å²) >= 11 is 0. The van der Waals surface area contributed by atoms with E-state index in [2.05, 4.69) is 12.1 Å². The van der Waals surface area contributed by atoms with Gasteiger partial charge >= 0.3 is 5.97 Å². The average Bonchev–Trinajstić information content (AvgIpc) is 3.11. The molecule has 1 aliphatic rings. The molecule has 0 unspecified atom stereocenters. The van der Waals surface area contributed by atoms with Crippen molar-refractivity contribution in [3.05, 3.63) is 71.3 Å². The number of hydrogen-bond acceptors (Lipinski definition) is 3. The van der Waals surface area contributed by atoms with E-state index < -0.39 is 5.97 Å². The van der Waals surface area contributed by atoms with Gasteiger partial charge in [-0.05, 0) is 36.6 Å². The number of esters is 1. The molecule has 0 radical (unpaired) electrons. The molecule has 1 amide bonds. The lowest BCUT2D eigenvalue weighted by molar-refractivity contribution is 0.0600. The van der Waals surface area contributed by atoms with Gasteiger partial charge in [0.2, 0.25) is 0 Å². The largest absolute Gasteiger partial charge is 0.465 e. The van der Waals surface area contributed by atoms with Crippen LogP contribution >= 0.6 is 0 Å². The van der Waals surface area contributed by atoms with Crippen molar-refractivity contribution in [1.29, 1.82) is 0 Å². The van der Waals surface area contributed by atoms with Gasteiger partial charge in [0.05, 0.1) is 18.7 Å². The highest BCUT2D eigenvalue weighted by molar-refractivity contribution is 5.98. The van der Waals surface area contributed by atoms with E-state index >= 15 is 0 Å². The smallest absolute Gasteiger partial charge is 0.337 e. The van der Waals surface area contributed by atoms with Gasteiger partial charge in [-0.2, -0.15) is 0 Å². The minimum absolute atomic E-state index is 0.0397. The molecular weight excluding hydrogens is 290 g/mol. The van der Waals surface area contributed by atoms with Crippen LogP contribution < -0.4 is 0 Å². The first-order valence-electron chi connectivity index (χ1n) is 7.75. The first-order valence-corrected chi connectivity index (χ1v) is 7.75. The molecule has 23 heavy (non-hydrogen) atoms. The topological polar surface area (TPSA) is 46.6 Å². The Hall–Kier alpha value is -2.62. The van der Waals surface area contributed by atoms with Crippen molar-refractivity contribution in [3.8, 4) is 0 Å². The minimum Gasteiger partial charge on any atom is -0.465 e. The molecule has 0 aliphatic carbocycles. The molecule has 4 heteroatoms. The number of methoxy groups -OCH3 is 1. The Balaban J connectivity index is 1.86. The predicted octanol–water partition coefficient (Wildman–Crippen LogP) is 3.45. The van der Waals surface area contributed by atoms with E-state index in [9.17, 15) is 9.59 Å². The van der Waals surface area contributed by atoms with Gasteiger partial charge < -0.3 is 9.64 Å². The number of amides is 1.